The molecular formula is C24H29N3O. The number of imidazole rings is 1. The largest absolute Gasteiger partial charge is 0.328 e. The minimum atomic E-state index is 0.139. The molecule has 0 spiro atoms. The summed E-state index contributed by atoms with van der Waals surface area (Å²) in [5.74, 6) is 1.41. The van der Waals surface area contributed by atoms with Gasteiger partial charge in [-0.1, -0.05) is 50.1 Å². The molecule has 1 amide bonds. The number of fused-ring (bicyclic) bond motifs is 1. The molecule has 0 aliphatic carbocycles. The van der Waals surface area contributed by atoms with Crippen molar-refractivity contribution in [2.24, 2.45) is 0 Å². The van der Waals surface area contributed by atoms with Crippen LogP contribution in [0.1, 0.15) is 55.5 Å². The number of rotatable bonds is 6. The van der Waals surface area contributed by atoms with Gasteiger partial charge in [-0.15, -0.1) is 0 Å². The van der Waals surface area contributed by atoms with E-state index in [-0.39, 0.29) is 11.8 Å². The van der Waals surface area contributed by atoms with Gasteiger partial charge in [0.05, 0.1) is 11.0 Å². The summed E-state index contributed by atoms with van der Waals surface area (Å²) in [4.78, 5) is 19.9. The predicted octanol–water partition coefficient (Wildman–Crippen LogP) is 5.36. The fourth-order valence-electron chi connectivity index (χ4n) is 4.49. The van der Waals surface area contributed by atoms with E-state index < -0.39 is 0 Å². The SMILES string of the molecule is CCCCCn1c([C@@H]2CC(=O)N(c3c(C)cccc3C)C2)nc2ccccc21. The maximum atomic E-state index is 12.9. The fraction of sp³-hybridized carbons (Fsp3) is 0.417. The molecule has 4 heteroatoms. The number of aromatic nitrogens is 2. The number of nitrogens with zero attached hydrogens (tertiary/aromatic N) is 3. The highest BCUT2D eigenvalue weighted by atomic mass is 16.2. The molecule has 0 unspecified atom stereocenters. The third-order valence-corrected chi connectivity index (χ3v) is 5.87. The van der Waals surface area contributed by atoms with E-state index in [0.717, 1.165) is 41.1 Å². The first-order valence-corrected chi connectivity index (χ1v) is 10.4. The highest BCUT2D eigenvalue weighted by molar-refractivity contribution is 5.98. The molecule has 1 aliphatic rings. The Hall–Kier alpha value is -2.62. The van der Waals surface area contributed by atoms with Crippen LogP contribution in [0.4, 0.5) is 5.69 Å². The lowest BCUT2D eigenvalue weighted by Crippen LogP contribution is -2.26. The second-order valence-electron chi connectivity index (χ2n) is 7.96. The number of hydrogen-bond donors (Lipinski definition) is 0. The summed E-state index contributed by atoms with van der Waals surface area (Å²) in [5.41, 5.74) is 5.61. The van der Waals surface area contributed by atoms with E-state index in [0.29, 0.717) is 13.0 Å². The van der Waals surface area contributed by atoms with Gasteiger partial charge in [-0.3, -0.25) is 4.79 Å². The van der Waals surface area contributed by atoms with Gasteiger partial charge in [-0.25, -0.2) is 4.98 Å². The summed E-state index contributed by atoms with van der Waals surface area (Å²) in [7, 11) is 0. The summed E-state index contributed by atoms with van der Waals surface area (Å²) >= 11 is 0. The van der Waals surface area contributed by atoms with Gasteiger partial charge in [0.1, 0.15) is 5.82 Å². The van der Waals surface area contributed by atoms with Crippen molar-refractivity contribution in [2.75, 3.05) is 11.4 Å². The molecule has 0 N–H and O–H groups in total. The molecule has 1 aliphatic heterocycles. The van der Waals surface area contributed by atoms with Crippen LogP contribution in [0.3, 0.4) is 0 Å². The number of anilines is 1. The van der Waals surface area contributed by atoms with E-state index in [1.165, 1.54) is 18.4 Å². The average molecular weight is 376 g/mol. The van der Waals surface area contributed by atoms with Gasteiger partial charge in [0.25, 0.3) is 0 Å². The maximum absolute atomic E-state index is 12.9. The van der Waals surface area contributed by atoms with Gasteiger partial charge in [-0.05, 0) is 43.5 Å². The minimum absolute atomic E-state index is 0.139. The zero-order chi connectivity index (χ0) is 19.7. The summed E-state index contributed by atoms with van der Waals surface area (Å²) < 4.78 is 2.36. The Bertz CT molecular complexity index is 984. The van der Waals surface area contributed by atoms with Crippen LogP contribution < -0.4 is 4.90 Å². The Morgan fingerprint density at radius 1 is 1.04 bits per heavy atom. The first-order chi connectivity index (χ1) is 13.6. The number of hydrogen-bond acceptors (Lipinski definition) is 2. The van der Waals surface area contributed by atoms with Gasteiger partial charge >= 0.3 is 0 Å². The van der Waals surface area contributed by atoms with Crippen LogP contribution in [0.25, 0.3) is 11.0 Å². The van der Waals surface area contributed by atoms with Crippen molar-refractivity contribution >= 4 is 22.6 Å². The van der Waals surface area contributed by atoms with E-state index in [2.05, 4.69) is 61.7 Å². The molecule has 1 fully saturated rings. The number of amides is 1. The number of carbonyl (C=O) groups excluding carboxylic acids is 1. The Kier molecular flexibility index (Phi) is 5.21. The Morgan fingerprint density at radius 2 is 1.79 bits per heavy atom. The molecule has 4 rings (SSSR count). The van der Waals surface area contributed by atoms with Crippen LogP contribution >= 0.6 is 0 Å². The number of benzene rings is 2. The Balaban J connectivity index is 1.69. The topological polar surface area (TPSA) is 38.1 Å². The molecule has 0 bridgehead atoms. The van der Waals surface area contributed by atoms with Crippen LogP contribution in [0, 0.1) is 13.8 Å². The standard InChI is InChI=1S/C24H29N3O/c1-4-5-8-14-26-21-13-7-6-12-20(21)25-24(26)19-15-22(28)27(16-19)23-17(2)10-9-11-18(23)3/h6-7,9-13,19H,4-5,8,14-16H2,1-3H3/t19-/m1/s1. The zero-order valence-electron chi connectivity index (χ0n) is 17.1. The van der Waals surface area contributed by atoms with Crippen molar-refractivity contribution in [3.05, 3.63) is 59.4 Å². The zero-order valence-corrected chi connectivity index (χ0v) is 17.1. The lowest BCUT2D eigenvalue weighted by Gasteiger charge is -2.21. The van der Waals surface area contributed by atoms with E-state index in [1.54, 1.807) is 0 Å². The van der Waals surface area contributed by atoms with Crippen LogP contribution in [0.2, 0.25) is 0 Å². The third kappa shape index (κ3) is 3.32. The molecule has 28 heavy (non-hydrogen) atoms. The van der Waals surface area contributed by atoms with Crippen molar-refractivity contribution in [3.63, 3.8) is 0 Å². The molecule has 1 saturated heterocycles. The maximum Gasteiger partial charge on any atom is 0.227 e. The monoisotopic (exact) mass is 375 g/mol. The lowest BCUT2D eigenvalue weighted by atomic mass is 10.1. The average Bonchev–Trinajstić information content (AvgIpc) is 3.23. The molecule has 4 nitrogen and oxygen atoms in total. The van der Waals surface area contributed by atoms with Crippen LogP contribution in [-0.2, 0) is 11.3 Å². The third-order valence-electron chi connectivity index (χ3n) is 5.87. The number of unbranched alkanes of at least 4 members (excludes halogenated alkanes) is 2. The molecule has 2 aromatic carbocycles. The second kappa shape index (κ2) is 7.78. The van der Waals surface area contributed by atoms with Crippen LogP contribution in [0.5, 0.6) is 0 Å². The first-order valence-electron chi connectivity index (χ1n) is 10.4. The fourth-order valence-corrected chi connectivity index (χ4v) is 4.49. The van der Waals surface area contributed by atoms with E-state index in [1.807, 2.05) is 11.0 Å². The van der Waals surface area contributed by atoms with Crippen molar-refractivity contribution in [3.8, 4) is 0 Å². The van der Waals surface area contributed by atoms with Crippen molar-refractivity contribution < 1.29 is 4.79 Å². The van der Waals surface area contributed by atoms with Gasteiger partial charge < -0.3 is 9.47 Å². The summed E-state index contributed by atoms with van der Waals surface area (Å²) in [6.45, 7) is 8.08. The summed E-state index contributed by atoms with van der Waals surface area (Å²) in [6, 6.07) is 14.6. The van der Waals surface area contributed by atoms with Gasteiger partial charge in [0.2, 0.25) is 5.91 Å². The molecule has 1 atom stereocenters. The summed E-state index contributed by atoms with van der Waals surface area (Å²) in [5, 5.41) is 0. The molecular weight excluding hydrogens is 346 g/mol. The van der Waals surface area contributed by atoms with E-state index in [4.69, 9.17) is 4.98 Å². The van der Waals surface area contributed by atoms with Crippen molar-refractivity contribution in [1.29, 1.82) is 0 Å². The normalized spacial score (nSPS) is 17.0. The molecule has 2 heterocycles. The summed E-state index contributed by atoms with van der Waals surface area (Å²) in [6.07, 6.45) is 4.09. The highest BCUT2D eigenvalue weighted by Crippen LogP contribution is 2.36. The Labute approximate surface area is 167 Å². The highest BCUT2D eigenvalue weighted by Gasteiger charge is 2.35. The van der Waals surface area contributed by atoms with E-state index in [9.17, 15) is 4.79 Å². The van der Waals surface area contributed by atoms with Gasteiger partial charge in [0, 0.05) is 31.1 Å². The van der Waals surface area contributed by atoms with Crippen LogP contribution in [-0.4, -0.2) is 22.0 Å². The van der Waals surface area contributed by atoms with Crippen molar-refractivity contribution in [1.82, 2.24) is 9.55 Å². The molecule has 1 aromatic heterocycles. The van der Waals surface area contributed by atoms with Gasteiger partial charge in [0.15, 0.2) is 0 Å². The first kappa shape index (κ1) is 18.7. The molecule has 146 valence electrons. The number of para-hydroxylation sites is 3. The minimum Gasteiger partial charge on any atom is -0.328 e. The number of carbonyl (C=O) groups is 1. The predicted molar refractivity (Wildman–Crippen MR) is 115 cm³/mol. The Morgan fingerprint density at radius 3 is 2.54 bits per heavy atom. The molecule has 3 aromatic rings. The quantitative estimate of drug-likeness (QED) is 0.544. The van der Waals surface area contributed by atoms with Crippen LogP contribution in [0.15, 0.2) is 42.5 Å². The molecule has 0 saturated carbocycles. The van der Waals surface area contributed by atoms with Gasteiger partial charge in [-0.2, -0.15) is 0 Å². The van der Waals surface area contributed by atoms with E-state index >= 15 is 0 Å². The smallest absolute Gasteiger partial charge is 0.227 e. The van der Waals surface area contributed by atoms with Crippen molar-refractivity contribution in [2.45, 2.75) is 58.9 Å². The second-order valence-corrected chi connectivity index (χ2v) is 7.96. The number of aryl methyl sites for hydroxylation is 3. The molecule has 0 radical (unpaired) electrons. The lowest BCUT2D eigenvalue weighted by molar-refractivity contribution is -0.117.